The minimum absolute atomic E-state index is 0. The third-order valence-corrected chi connectivity index (χ3v) is 2.74. The van der Waals surface area contributed by atoms with Crippen molar-refractivity contribution in [2.24, 2.45) is 0 Å². The highest BCUT2D eigenvalue weighted by Gasteiger charge is 2.06. The fraction of sp³-hybridized carbons (Fsp3) is 0.273. The highest BCUT2D eigenvalue weighted by molar-refractivity contribution is 7.85. The van der Waals surface area contributed by atoms with E-state index in [2.05, 4.69) is 0 Å². The van der Waals surface area contributed by atoms with Crippen LogP contribution in [0.1, 0.15) is 34.1 Å². The summed E-state index contributed by atoms with van der Waals surface area (Å²) < 4.78 is 27.6. The Kier molecular flexibility index (Phi) is 9.17. The zero-order chi connectivity index (χ0) is 15.1. The second kappa shape index (κ2) is 9.02. The maximum absolute atomic E-state index is 10.4. The Morgan fingerprint density at radius 1 is 1.10 bits per heavy atom. The molecular formula is C11H17NO7S. The van der Waals surface area contributed by atoms with Crippen LogP contribution in [0.3, 0.4) is 0 Å². The molecule has 0 amide bonds. The lowest BCUT2D eigenvalue weighted by Crippen LogP contribution is -2.01. The van der Waals surface area contributed by atoms with E-state index < -0.39 is 22.1 Å². The number of carbonyl (C=O) groups is 2. The van der Waals surface area contributed by atoms with Gasteiger partial charge < -0.3 is 16.4 Å². The smallest absolute Gasteiger partial charge is 0.335 e. The first-order chi connectivity index (χ1) is 8.67. The molecule has 9 heteroatoms. The van der Waals surface area contributed by atoms with Crippen molar-refractivity contribution in [2.45, 2.75) is 13.3 Å². The number of aromatic carboxylic acids is 2. The van der Waals surface area contributed by atoms with E-state index in [4.69, 9.17) is 14.8 Å². The molecule has 114 valence electrons. The van der Waals surface area contributed by atoms with E-state index in [9.17, 15) is 18.0 Å². The highest BCUT2D eigenvalue weighted by atomic mass is 32.2. The van der Waals surface area contributed by atoms with Gasteiger partial charge in [0, 0.05) is 0 Å². The van der Waals surface area contributed by atoms with Crippen molar-refractivity contribution in [3.8, 4) is 0 Å². The summed E-state index contributed by atoms with van der Waals surface area (Å²) >= 11 is 0. The van der Waals surface area contributed by atoms with Crippen LogP contribution in [0, 0.1) is 0 Å². The van der Waals surface area contributed by atoms with Gasteiger partial charge in [-0.15, -0.1) is 0 Å². The predicted molar refractivity (Wildman–Crippen MR) is 72.1 cm³/mol. The van der Waals surface area contributed by atoms with E-state index in [1.165, 1.54) is 18.2 Å². The van der Waals surface area contributed by atoms with Gasteiger partial charge >= 0.3 is 11.9 Å². The molecule has 0 saturated carbocycles. The minimum atomic E-state index is -3.67. The molecule has 20 heavy (non-hydrogen) atoms. The molecule has 0 fully saturated rings. The van der Waals surface area contributed by atoms with Gasteiger partial charge in [0.25, 0.3) is 10.1 Å². The Labute approximate surface area is 116 Å². The molecule has 0 heterocycles. The Balaban J connectivity index is 0. The largest absolute Gasteiger partial charge is 0.478 e. The van der Waals surface area contributed by atoms with Crippen molar-refractivity contribution in [2.75, 3.05) is 5.75 Å². The first-order valence-electron chi connectivity index (χ1n) is 5.19. The van der Waals surface area contributed by atoms with Gasteiger partial charge in [-0.2, -0.15) is 8.42 Å². The van der Waals surface area contributed by atoms with Crippen LogP contribution in [0.5, 0.6) is 0 Å². The van der Waals surface area contributed by atoms with Gasteiger partial charge in [-0.05, 0) is 24.6 Å². The van der Waals surface area contributed by atoms with E-state index in [0.29, 0.717) is 6.42 Å². The van der Waals surface area contributed by atoms with Crippen LogP contribution in [0.2, 0.25) is 0 Å². The lowest BCUT2D eigenvalue weighted by atomic mass is 10.1. The van der Waals surface area contributed by atoms with E-state index in [-0.39, 0.29) is 23.0 Å². The summed E-state index contributed by atoms with van der Waals surface area (Å²) in [4.78, 5) is 20.8. The molecule has 0 bridgehead atoms. The first kappa shape index (κ1) is 20.3. The Morgan fingerprint density at radius 2 is 1.50 bits per heavy atom. The molecule has 0 aliphatic rings. The second-order valence-electron chi connectivity index (χ2n) is 3.48. The summed E-state index contributed by atoms with van der Waals surface area (Å²) in [6, 6.07) is 5.20. The Morgan fingerprint density at radius 3 is 1.70 bits per heavy atom. The van der Waals surface area contributed by atoms with E-state index in [0.717, 1.165) is 6.07 Å². The molecule has 1 rings (SSSR count). The molecule has 0 saturated heterocycles. The standard InChI is InChI=1S/C8H6O4.C3H8O3S.H3N/c9-7(10)5-2-1-3-6(4-5)8(11)12;1-2-3-7(4,5)6;/h1-4H,(H,9,10)(H,11,12);2-3H2,1H3,(H,4,5,6);1H3. The molecule has 8 nitrogen and oxygen atoms in total. The van der Waals surface area contributed by atoms with Gasteiger partial charge in [-0.1, -0.05) is 13.0 Å². The maximum atomic E-state index is 10.4. The number of hydrogen-bond donors (Lipinski definition) is 4. The van der Waals surface area contributed by atoms with Crippen LogP contribution >= 0.6 is 0 Å². The van der Waals surface area contributed by atoms with E-state index >= 15 is 0 Å². The van der Waals surface area contributed by atoms with Crippen molar-refractivity contribution in [3.63, 3.8) is 0 Å². The lowest BCUT2D eigenvalue weighted by molar-refractivity contribution is 0.0696. The average Bonchev–Trinajstić information content (AvgIpc) is 2.28. The van der Waals surface area contributed by atoms with E-state index in [1.54, 1.807) is 6.92 Å². The first-order valence-corrected chi connectivity index (χ1v) is 6.80. The topological polar surface area (TPSA) is 164 Å². The zero-order valence-electron chi connectivity index (χ0n) is 10.8. The number of hydrogen-bond acceptors (Lipinski definition) is 5. The number of carboxylic acid groups (broad SMARTS) is 2. The third-order valence-electron chi connectivity index (χ3n) is 1.82. The van der Waals surface area contributed by atoms with Gasteiger partial charge in [-0.3, -0.25) is 4.55 Å². The second-order valence-corrected chi connectivity index (χ2v) is 5.05. The summed E-state index contributed by atoms with van der Waals surface area (Å²) in [6.07, 6.45) is 0.471. The molecular weight excluding hydrogens is 290 g/mol. The van der Waals surface area contributed by atoms with Crippen molar-refractivity contribution in [1.29, 1.82) is 0 Å². The number of carboxylic acids is 2. The Hall–Kier alpha value is -1.97. The SMILES string of the molecule is CCCS(=O)(=O)O.N.O=C(O)c1cccc(C(=O)O)c1. The van der Waals surface area contributed by atoms with Gasteiger partial charge in [-0.25, -0.2) is 9.59 Å². The van der Waals surface area contributed by atoms with Crippen molar-refractivity contribution in [3.05, 3.63) is 35.4 Å². The van der Waals surface area contributed by atoms with Crippen LogP contribution in [-0.2, 0) is 10.1 Å². The van der Waals surface area contributed by atoms with Crippen LogP contribution in [-0.4, -0.2) is 40.9 Å². The van der Waals surface area contributed by atoms with Crippen molar-refractivity contribution < 1.29 is 32.8 Å². The Bertz CT molecular complexity index is 524. The van der Waals surface area contributed by atoms with Crippen molar-refractivity contribution in [1.82, 2.24) is 6.15 Å². The highest BCUT2D eigenvalue weighted by Crippen LogP contribution is 2.04. The van der Waals surface area contributed by atoms with Crippen LogP contribution in [0.15, 0.2) is 24.3 Å². The summed E-state index contributed by atoms with van der Waals surface area (Å²) in [7, 11) is -3.67. The average molecular weight is 307 g/mol. The zero-order valence-corrected chi connectivity index (χ0v) is 11.6. The summed E-state index contributed by atoms with van der Waals surface area (Å²) in [5.74, 6) is -2.39. The van der Waals surface area contributed by atoms with Crippen molar-refractivity contribution >= 4 is 22.1 Å². The summed E-state index contributed by atoms with van der Waals surface area (Å²) in [5.41, 5.74) is -0.0372. The van der Waals surface area contributed by atoms with Gasteiger partial charge in [0.2, 0.25) is 0 Å². The molecule has 0 radical (unpaired) electrons. The molecule has 0 aliphatic carbocycles. The lowest BCUT2D eigenvalue weighted by Gasteiger charge is -1.95. The van der Waals surface area contributed by atoms with Gasteiger partial charge in [0.15, 0.2) is 0 Å². The summed E-state index contributed by atoms with van der Waals surface area (Å²) in [6.45, 7) is 1.69. The minimum Gasteiger partial charge on any atom is -0.478 e. The van der Waals surface area contributed by atoms with Crippen LogP contribution in [0.25, 0.3) is 0 Å². The molecule has 1 aromatic rings. The third kappa shape index (κ3) is 9.03. The number of rotatable bonds is 4. The predicted octanol–water partition coefficient (Wildman–Crippen LogP) is 1.53. The number of benzene rings is 1. The van der Waals surface area contributed by atoms with Crippen LogP contribution < -0.4 is 6.15 Å². The molecule has 0 aromatic heterocycles. The molecule has 0 unspecified atom stereocenters. The summed E-state index contributed by atoms with van der Waals surface area (Å²) in [5, 5.41) is 17.0. The van der Waals surface area contributed by atoms with Gasteiger partial charge in [0.1, 0.15) is 0 Å². The quantitative estimate of drug-likeness (QED) is 0.608. The molecule has 0 spiro atoms. The fourth-order valence-corrected chi connectivity index (χ4v) is 1.56. The fourth-order valence-electron chi connectivity index (χ4n) is 1.04. The monoisotopic (exact) mass is 307 g/mol. The van der Waals surface area contributed by atoms with E-state index in [1.807, 2.05) is 0 Å². The normalized spacial score (nSPS) is 9.70. The molecule has 0 atom stereocenters. The van der Waals surface area contributed by atoms with Crippen LogP contribution in [0.4, 0.5) is 0 Å². The molecule has 6 N–H and O–H groups in total. The maximum Gasteiger partial charge on any atom is 0.335 e. The molecule has 1 aromatic carbocycles. The van der Waals surface area contributed by atoms with Gasteiger partial charge in [0.05, 0.1) is 16.9 Å². The molecule has 0 aliphatic heterocycles.